The fourth-order valence-electron chi connectivity index (χ4n) is 2.34. The van der Waals surface area contributed by atoms with Gasteiger partial charge in [0.15, 0.2) is 11.6 Å². The van der Waals surface area contributed by atoms with Crippen LogP contribution < -0.4 is 10.2 Å². The average molecular weight is 265 g/mol. The number of halogens is 2. The molecule has 1 heterocycles. The zero-order valence-electron chi connectivity index (χ0n) is 10.4. The third-order valence-corrected chi connectivity index (χ3v) is 3.29. The van der Waals surface area contributed by atoms with Crippen LogP contribution in [0.2, 0.25) is 0 Å². The summed E-state index contributed by atoms with van der Waals surface area (Å²) in [5.74, 6) is -2.46. The Hall–Kier alpha value is -2.16. The minimum absolute atomic E-state index is 0.0302. The van der Waals surface area contributed by atoms with Crippen LogP contribution in [-0.4, -0.2) is 25.5 Å². The number of rotatable bonds is 2. The highest BCUT2D eigenvalue weighted by molar-refractivity contribution is 5.85. The van der Waals surface area contributed by atoms with Crippen molar-refractivity contribution in [2.45, 2.75) is 18.9 Å². The van der Waals surface area contributed by atoms with Crippen LogP contribution in [0.1, 0.15) is 18.4 Å². The second-order valence-electron chi connectivity index (χ2n) is 4.34. The summed E-state index contributed by atoms with van der Waals surface area (Å²) >= 11 is 0. The van der Waals surface area contributed by atoms with Gasteiger partial charge in [0.05, 0.1) is 11.3 Å². The van der Waals surface area contributed by atoms with E-state index in [0.717, 1.165) is 6.42 Å². The molecular formula is C13H13F2N3O. The van der Waals surface area contributed by atoms with Gasteiger partial charge in [0, 0.05) is 13.6 Å². The number of nitrogens with zero attached hydrogens (tertiary/aromatic N) is 2. The van der Waals surface area contributed by atoms with Crippen LogP contribution in [-0.2, 0) is 4.79 Å². The van der Waals surface area contributed by atoms with Gasteiger partial charge in [0.25, 0.3) is 0 Å². The molecule has 0 radical (unpaired) electrons. The highest BCUT2D eigenvalue weighted by Gasteiger charge is 2.32. The monoisotopic (exact) mass is 265 g/mol. The second kappa shape index (κ2) is 5.22. The van der Waals surface area contributed by atoms with E-state index in [0.29, 0.717) is 13.0 Å². The maximum Gasteiger partial charge on any atom is 0.242 e. The van der Waals surface area contributed by atoms with E-state index < -0.39 is 17.7 Å². The molecule has 1 saturated heterocycles. The first-order valence-electron chi connectivity index (χ1n) is 5.96. The molecule has 1 N–H and O–H groups in total. The number of carbonyl (C=O) groups excluding carboxylic acids is 1. The summed E-state index contributed by atoms with van der Waals surface area (Å²) in [6.07, 6.45) is 1.33. The van der Waals surface area contributed by atoms with Gasteiger partial charge in [-0.25, -0.2) is 8.78 Å². The lowest BCUT2D eigenvalue weighted by Crippen LogP contribution is -2.42. The average Bonchev–Trinajstić information content (AvgIpc) is 2.90. The Morgan fingerprint density at radius 1 is 1.47 bits per heavy atom. The lowest BCUT2D eigenvalue weighted by molar-refractivity contribution is -0.121. The van der Waals surface area contributed by atoms with Crippen molar-refractivity contribution in [2.75, 3.05) is 18.5 Å². The number of carbonyl (C=O) groups is 1. The van der Waals surface area contributed by atoms with Crippen molar-refractivity contribution in [1.82, 2.24) is 5.32 Å². The molecule has 1 fully saturated rings. The molecule has 1 aliphatic rings. The van der Waals surface area contributed by atoms with Crippen LogP contribution in [0, 0.1) is 23.0 Å². The Balaban J connectivity index is 2.40. The van der Waals surface area contributed by atoms with Crippen LogP contribution in [0.25, 0.3) is 0 Å². The number of hydrogen-bond donors (Lipinski definition) is 1. The summed E-state index contributed by atoms with van der Waals surface area (Å²) in [6.45, 7) is 0.486. The van der Waals surface area contributed by atoms with Crippen molar-refractivity contribution >= 4 is 11.6 Å². The zero-order valence-corrected chi connectivity index (χ0v) is 10.4. The van der Waals surface area contributed by atoms with Crippen molar-refractivity contribution < 1.29 is 13.6 Å². The molecular weight excluding hydrogens is 252 g/mol. The summed E-state index contributed by atoms with van der Waals surface area (Å²) in [4.78, 5) is 13.2. The predicted octanol–water partition coefficient (Wildman–Crippen LogP) is 1.55. The van der Waals surface area contributed by atoms with Crippen molar-refractivity contribution in [3.8, 4) is 6.07 Å². The molecule has 0 bridgehead atoms. The minimum Gasteiger partial charge on any atom is -0.357 e. The first kappa shape index (κ1) is 13.3. The van der Waals surface area contributed by atoms with E-state index in [9.17, 15) is 13.6 Å². The molecule has 100 valence electrons. The van der Waals surface area contributed by atoms with E-state index in [-0.39, 0.29) is 17.2 Å². The maximum absolute atomic E-state index is 13.9. The van der Waals surface area contributed by atoms with Gasteiger partial charge in [-0.2, -0.15) is 5.26 Å². The summed E-state index contributed by atoms with van der Waals surface area (Å²) in [6, 6.07) is 3.67. The molecule has 4 nitrogen and oxygen atoms in total. The smallest absolute Gasteiger partial charge is 0.242 e. The molecule has 0 saturated carbocycles. The van der Waals surface area contributed by atoms with Crippen molar-refractivity contribution in [3.63, 3.8) is 0 Å². The number of amides is 1. The van der Waals surface area contributed by atoms with Gasteiger partial charge >= 0.3 is 0 Å². The number of nitriles is 1. The maximum atomic E-state index is 13.9. The quantitative estimate of drug-likeness (QED) is 0.882. The summed E-state index contributed by atoms with van der Waals surface area (Å²) in [5.41, 5.74) is -0.306. The molecule has 0 aromatic heterocycles. The van der Waals surface area contributed by atoms with Crippen LogP contribution in [0.15, 0.2) is 12.1 Å². The molecule has 1 amide bonds. The van der Waals surface area contributed by atoms with Gasteiger partial charge in [-0.15, -0.1) is 0 Å². The Morgan fingerprint density at radius 3 is 2.84 bits per heavy atom. The van der Waals surface area contributed by atoms with Gasteiger partial charge in [0.2, 0.25) is 5.91 Å². The summed E-state index contributed by atoms with van der Waals surface area (Å²) < 4.78 is 27.5. The van der Waals surface area contributed by atoms with Crippen molar-refractivity contribution in [3.05, 3.63) is 29.3 Å². The Morgan fingerprint density at radius 2 is 2.21 bits per heavy atom. The van der Waals surface area contributed by atoms with Crippen molar-refractivity contribution in [2.24, 2.45) is 0 Å². The molecule has 1 unspecified atom stereocenters. The lowest BCUT2D eigenvalue weighted by atomic mass is 10.1. The first-order chi connectivity index (χ1) is 9.10. The van der Waals surface area contributed by atoms with E-state index in [1.807, 2.05) is 0 Å². The number of likely N-dealkylation sites (N-methyl/N-ethyl adjacent to an activating group) is 1. The van der Waals surface area contributed by atoms with Gasteiger partial charge in [0.1, 0.15) is 12.1 Å². The molecule has 1 aliphatic heterocycles. The molecule has 2 rings (SSSR count). The van der Waals surface area contributed by atoms with Crippen molar-refractivity contribution in [1.29, 1.82) is 5.26 Å². The fraction of sp³-hybridized carbons (Fsp3) is 0.385. The van der Waals surface area contributed by atoms with Gasteiger partial charge in [-0.3, -0.25) is 4.79 Å². The second-order valence-corrected chi connectivity index (χ2v) is 4.34. The Bertz CT molecular complexity index is 554. The van der Waals surface area contributed by atoms with Crippen LogP contribution in [0.4, 0.5) is 14.5 Å². The Labute approximate surface area is 109 Å². The van der Waals surface area contributed by atoms with E-state index in [1.54, 1.807) is 11.0 Å². The molecule has 1 atom stereocenters. The standard InChI is InChI=1S/C13H13F2N3O/c1-17-13(19)10-3-2-6-18(10)9-5-4-8(7-16)11(14)12(9)15/h4-5,10H,2-3,6H2,1H3,(H,17,19). The molecule has 19 heavy (non-hydrogen) atoms. The van der Waals surface area contributed by atoms with Gasteiger partial charge in [-0.05, 0) is 25.0 Å². The highest BCUT2D eigenvalue weighted by atomic mass is 19.2. The molecule has 6 heteroatoms. The SMILES string of the molecule is CNC(=O)C1CCCN1c1ccc(C#N)c(F)c1F. The lowest BCUT2D eigenvalue weighted by Gasteiger charge is -2.26. The Kier molecular flexibility index (Phi) is 3.65. The minimum atomic E-state index is -1.16. The third-order valence-electron chi connectivity index (χ3n) is 3.29. The number of benzene rings is 1. The highest BCUT2D eigenvalue weighted by Crippen LogP contribution is 2.30. The van der Waals surface area contributed by atoms with Crippen LogP contribution in [0.3, 0.4) is 0 Å². The number of hydrogen-bond acceptors (Lipinski definition) is 3. The number of nitrogens with one attached hydrogen (secondary N) is 1. The number of anilines is 1. The first-order valence-corrected chi connectivity index (χ1v) is 5.96. The van der Waals surface area contributed by atoms with Gasteiger partial charge in [-0.1, -0.05) is 0 Å². The molecule has 0 aliphatic carbocycles. The molecule has 1 aromatic carbocycles. The third kappa shape index (κ3) is 2.24. The molecule has 1 aromatic rings. The summed E-state index contributed by atoms with van der Waals surface area (Å²) in [7, 11) is 1.51. The molecule has 0 spiro atoms. The predicted molar refractivity (Wildman–Crippen MR) is 65.5 cm³/mol. The van der Waals surface area contributed by atoms with E-state index in [1.165, 1.54) is 19.2 Å². The van der Waals surface area contributed by atoms with Crippen LogP contribution in [0.5, 0.6) is 0 Å². The van der Waals surface area contributed by atoms with E-state index in [2.05, 4.69) is 5.32 Å². The largest absolute Gasteiger partial charge is 0.357 e. The van der Waals surface area contributed by atoms with E-state index >= 15 is 0 Å². The fourth-order valence-corrected chi connectivity index (χ4v) is 2.34. The van der Waals surface area contributed by atoms with Crippen LogP contribution >= 0.6 is 0 Å². The summed E-state index contributed by atoms with van der Waals surface area (Å²) in [5, 5.41) is 11.2. The topological polar surface area (TPSA) is 56.1 Å². The zero-order chi connectivity index (χ0) is 14.0. The van der Waals surface area contributed by atoms with Gasteiger partial charge < -0.3 is 10.2 Å². The normalized spacial score (nSPS) is 18.2. The van der Waals surface area contributed by atoms with E-state index in [4.69, 9.17) is 5.26 Å².